The standard InChI is InChI=1S/C29H40N2O7/c1-27(2,3)37-25(32)31(26(33)38-28(4,5)6)24-14-13-22(29(19-34-7)15-16-35-20-29)23(30-24)18-36-17-21-11-9-8-10-12-21/h8-14H,15-20H2,1-7H3. The van der Waals surface area contributed by atoms with E-state index in [-0.39, 0.29) is 12.4 Å². The third kappa shape index (κ3) is 7.99. The number of carbonyl (C=O) groups excluding carboxylic acids is 2. The summed E-state index contributed by atoms with van der Waals surface area (Å²) in [5.41, 5.74) is 0.407. The van der Waals surface area contributed by atoms with Gasteiger partial charge in [0, 0.05) is 19.1 Å². The van der Waals surface area contributed by atoms with Gasteiger partial charge in [-0.3, -0.25) is 0 Å². The Hall–Kier alpha value is -3.01. The highest BCUT2D eigenvalue weighted by Gasteiger charge is 2.40. The fourth-order valence-electron chi connectivity index (χ4n) is 4.21. The lowest BCUT2D eigenvalue weighted by atomic mass is 9.79. The van der Waals surface area contributed by atoms with E-state index in [0.717, 1.165) is 22.4 Å². The number of nitrogens with zero attached hydrogens (tertiary/aromatic N) is 2. The Labute approximate surface area is 225 Å². The van der Waals surface area contributed by atoms with Crippen LogP contribution in [-0.4, -0.2) is 55.3 Å². The van der Waals surface area contributed by atoms with Gasteiger partial charge < -0.3 is 23.7 Å². The van der Waals surface area contributed by atoms with Crippen LogP contribution in [0.25, 0.3) is 0 Å². The predicted molar refractivity (Wildman–Crippen MR) is 143 cm³/mol. The zero-order valence-electron chi connectivity index (χ0n) is 23.5. The first-order valence-corrected chi connectivity index (χ1v) is 12.8. The summed E-state index contributed by atoms with van der Waals surface area (Å²) in [7, 11) is 1.65. The van der Waals surface area contributed by atoms with E-state index in [0.29, 0.717) is 32.1 Å². The van der Waals surface area contributed by atoms with Crippen molar-refractivity contribution in [1.82, 2.24) is 4.98 Å². The van der Waals surface area contributed by atoms with Crippen molar-refractivity contribution in [2.24, 2.45) is 0 Å². The number of hydrogen-bond acceptors (Lipinski definition) is 8. The van der Waals surface area contributed by atoms with Crippen LogP contribution in [0.5, 0.6) is 0 Å². The van der Waals surface area contributed by atoms with E-state index in [4.69, 9.17) is 28.7 Å². The Morgan fingerprint density at radius 2 is 1.58 bits per heavy atom. The first-order chi connectivity index (χ1) is 17.8. The number of rotatable bonds is 8. The van der Waals surface area contributed by atoms with E-state index in [2.05, 4.69) is 0 Å². The van der Waals surface area contributed by atoms with E-state index < -0.39 is 28.8 Å². The van der Waals surface area contributed by atoms with Crippen LogP contribution >= 0.6 is 0 Å². The minimum absolute atomic E-state index is 0.0852. The molecule has 1 atom stereocenters. The van der Waals surface area contributed by atoms with Crippen molar-refractivity contribution in [3.05, 3.63) is 59.3 Å². The van der Waals surface area contributed by atoms with E-state index in [1.165, 1.54) is 0 Å². The molecule has 1 aromatic heterocycles. The molecule has 1 aliphatic heterocycles. The van der Waals surface area contributed by atoms with Gasteiger partial charge in [0.1, 0.15) is 17.0 Å². The summed E-state index contributed by atoms with van der Waals surface area (Å²) < 4.78 is 28.4. The van der Waals surface area contributed by atoms with Crippen LogP contribution in [0.2, 0.25) is 0 Å². The second-order valence-corrected chi connectivity index (χ2v) is 11.5. The van der Waals surface area contributed by atoms with E-state index in [9.17, 15) is 9.59 Å². The Morgan fingerprint density at radius 3 is 2.11 bits per heavy atom. The molecular formula is C29H40N2O7. The van der Waals surface area contributed by atoms with Crippen LogP contribution in [0, 0.1) is 0 Å². The quantitative estimate of drug-likeness (QED) is 0.425. The molecule has 0 aliphatic carbocycles. The third-order valence-electron chi connectivity index (χ3n) is 5.79. The molecule has 2 amide bonds. The van der Waals surface area contributed by atoms with Crippen molar-refractivity contribution in [3.63, 3.8) is 0 Å². The summed E-state index contributed by atoms with van der Waals surface area (Å²) in [6, 6.07) is 13.3. The average molecular weight is 529 g/mol. The van der Waals surface area contributed by atoms with Crippen LogP contribution in [0.3, 0.4) is 0 Å². The smallest absolute Gasteiger partial charge is 0.425 e. The van der Waals surface area contributed by atoms with Crippen LogP contribution in [0.4, 0.5) is 15.4 Å². The number of imide groups is 1. The lowest BCUT2D eigenvalue weighted by Crippen LogP contribution is -2.44. The Balaban J connectivity index is 2.02. The van der Waals surface area contributed by atoms with Gasteiger partial charge in [0.2, 0.25) is 0 Å². The molecule has 0 radical (unpaired) electrons. The molecule has 208 valence electrons. The highest BCUT2D eigenvalue weighted by Crippen LogP contribution is 2.37. The topological polar surface area (TPSA) is 96.4 Å². The molecule has 9 heteroatoms. The van der Waals surface area contributed by atoms with Gasteiger partial charge in [0.05, 0.1) is 32.1 Å². The van der Waals surface area contributed by atoms with Gasteiger partial charge >= 0.3 is 12.2 Å². The molecule has 9 nitrogen and oxygen atoms in total. The lowest BCUT2D eigenvalue weighted by molar-refractivity contribution is 0.0428. The fourth-order valence-corrected chi connectivity index (χ4v) is 4.21. The molecule has 0 N–H and O–H groups in total. The molecule has 2 aromatic rings. The monoisotopic (exact) mass is 528 g/mol. The van der Waals surface area contributed by atoms with Gasteiger partial charge in [-0.25, -0.2) is 14.6 Å². The summed E-state index contributed by atoms with van der Waals surface area (Å²) >= 11 is 0. The van der Waals surface area contributed by atoms with Crippen molar-refractivity contribution >= 4 is 18.0 Å². The van der Waals surface area contributed by atoms with Gasteiger partial charge in [-0.1, -0.05) is 36.4 Å². The summed E-state index contributed by atoms with van der Waals surface area (Å²) in [5, 5.41) is 0. The second-order valence-electron chi connectivity index (χ2n) is 11.5. The molecule has 3 rings (SSSR count). The number of carbonyl (C=O) groups is 2. The molecular weight excluding hydrogens is 488 g/mol. The van der Waals surface area contributed by atoms with Crippen molar-refractivity contribution in [3.8, 4) is 0 Å². The fraction of sp³-hybridized carbons (Fsp3) is 0.552. The molecule has 2 heterocycles. The minimum Gasteiger partial charge on any atom is -0.443 e. The molecule has 0 bridgehead atoms. The summed E-state index contributed by atoms with van der Waals surface area (Å²) in [6.07, 6.45) is -1.01. The highest BCUT2D eigenvalue weighted by molar-refractivity contribution is 6.08. The minimum atomic E-state index is -0.876. The van der Waals surface area contributed by atoms with E-state index >= 15 is 0 Å². The van der Waals surface area contributed by atoms with Gasteiger partial charge in [0.15, 0.2) is 0 Å². The van der Waals surface area contributed by atoms with Crippen molar-refractivity contribution in [2.45, 2.75) is 77.8 Å². The van der Waals surface area contributed by atoms with Crippen molar-refractivity contribution in [2.75, 3.05) is 31.8 Å². The van der Waals surface area contributed by atoms with Crippen molar-refractivity contribution in [1.29, 1.82) is 0 Å². The lowest BCUT2D eigenvalue weighted by Gasteiger charge is -2.31. The number of benzene rings is 1. The van der Waals surface area contributed by atoms with Crippen LogP contribution < -0.4 is 4.90 Å². The number of pyridine rings is 1. The maximum atomic E-state index is 13.2. The summed E-state index contributed by atoms with van der Waals surface area (Å²) in [5.74, 6) is 0.0852. The molecule has 0 saturated carbocycles. The summed E-state index contributed by atoms with van der Waals surface area (Å²) in [4.78, 5) is 32.0. The zero-order valence-corrected chi connectivity index (χ0v) is 23.5. The molecule has 1 saturated heterocycles. The molecule has 1 unspecified atom stereocenters. The van der Waals surface area contributed by atoms with Gasteiger partial charge in [-0.15, -0.1) is 0 Å². The van der Waals surface area contributed by atoms with Gasteiger partial charge in [0.25, 0.3) is 0 Å². The maximum Gasteiger partial charge on any atom is 0.425 e. The number of anilines is 1. The predicted octanol–water partition coefficient (Wildman–Crippen LogP) is 5.78. The summed E-state index contributed by atoms with van der Waals surface area (Å²) in [6.45, 7) is 12.4. The Kier molecular flexibility index (Phi) is 9.51. The van der Waals surface area contributed by atoms with Crippen molar-refractivity contribution < 1.29 is 33.3 Å². The molecule has 1 aromatic carbocycles. The highest BCUT2D eigenvalue weighted by atomic mass is 16.6. The van der Waals surface area contributed by atoms with E-state index in [1.807, 2.05) is 36.4 Å². The SMILES string of the molecule is COCC1(c2ccc(N(C(=O)OC(C)(C)C)C(=O)OC(C)(C)C)nc2COCc2ccccc2)CCOC1. The molecule has 38 heavy (non-hydrogen) atoms. The van der Waals surface area contributed by atoms with Gasteiger partial charge in [-0.2, -0.15) is 4.90 Å². The number of ether oxygens (including phenoxy) is 5. The van der Waals surface area contributed by atoms with Crippen LogP contribution in [0.1, 0.15) is 64.8 Å². The van der Waals surface area contributed by atoms with Crippen LogP contribution in [-0.2, 0) is 42.3 Å². The molecule has 1 fully saturated rings. The van der Waals surface area contributed by atoms with Crippen LogP contribution in [0.15, 0.2) is 42.5 Å². The Morgan fingerprint density at radius 1 is 0.947 bits per heavy atom. The average Bonchev–Trinajstić information content (AvgIpc) is 3.27. The zero-order chi connectivity index (χ0) is 28.0. The number of amides is 2. The first-order valence-electron chi connectivity index (χ1n) is 12.8. The molecule has 1 aliphatic rings. The third-order valence-corrected chi connectivity index (χ3v) is 5.79. The molecule has 0 spiro atoms. The van der Waals surface area contributed by atoms with E-state index in [1.54, 1.807) is 54.7 Å². The number of aromatic nitrogens is 1. The Bertz CT molecular complexity index is 1060. The normalized spacial score (nSPS) is 17.8. The first kappa shape index (κ1) is 29.5. The number of hydrogen-bond donors (Lipinski definition) is 0. The van der Waals surface area contributed by atoms with Gasteiger partial charge in [-0.05, 0) is 65.2 Å². The maximum absolute atomic E-state index is 13.2. The number of methoxy groups -OCH3 is 1. The second kappa shape index (κ2) is 12.2. The largest absolute Gasteiger partial charge is 0.443 e.